The zero-order chi connectivity index (χ0) is 61.3. The molecule has 8 aromatic rings. The second kappa shape index (κ2) is 31.6. The summed E-state index contributed by atoms with van der Waals surface area (Å²) in [6, 6.07) is 63.9. The SMILES string of the molecule is CCOc1ccc(Cc2cc(C3(O)O[C@H](CC)[C@@H](C)[C@H](OCc4ccccc4)[C@H]3OCc3ccccc3)c(O)cc2Cl)cc1.CCOc1ccc(Cc2cc([C@@H]3O[C@H](CC)[C@@H](C)[C@H](OCc4ccccc4)[C@H]3OCc3ccccc3)c(C)cc2Cl)cc1. The molecule has 0 saturated carbocycles. The van der Waals surface area contributed by atoms with Crippen LogP contribution in [0.5, 0.6) is 17.2 Å². The highest BCUT2D eigenvalue weighted by atomic mass is 35.5. The van der Waals surface area contributed by atoms with Crippen LogP contribution in [-0.2, 0) is 73.5 Å². The number of halogens is 2. The molecule has 0 amide bonds. The van der Waals surface area contributed by atoms with Crippen molar-refractivity contribution in [1.29, 1.82) is 0 Å². The lowest BCUT2D eigenvalue weighted by Gasteiger charge is -2.50. The highest BCUT2D eigenvalue weighted by Gasteiger charge is 2.56. The van der Waals surface area contributed by atoms with Gasteiger partial charge in [0, 0.05) is 21.9 Å². The molecular formula is C75H84Cl2O10. The van der Waals surface area contributed by atoms with Crippen LogP contribution >= 0.6 is 23.2 Å². The van der Waals surface area contributed by atoms with E-state index in [4.69, 9.17) is 61.1 Å². The lowest BCUT2D eigenvalue weighted by Crippen LogP contribution is -2.61. The topological polar surface area (TPSA) is 114 Å². The van der Waals surface area contributed by atoms with Crippen molar-refractivity contribution < 1.29 is 48.1 Å². The number of hydrogen-bond acceptors (Lipinski definition) is 10. The highest BCUT2D eigenvalue weighted by molar-refractivity contribution is 6.31. The van der Waals surface area contributed by atoms with Crippen molar-refractivity contribution in [2.45, 2.75) is 149 Å². The lowest BCUT2D eigenvalue weighted by atomic mass is 9.81. The lowest BCUT2D eigenvalue weighted by molar-refractivity contribution is -0.361. The normalized spacial score (nSPS) is 22.7. The first kappa shape index (κ1) is 64.9. The van der Waals surface area contributed by atoms with Crippen LogP contribution in [0.15, 0.2) is 194 Å². The second-order valence-corrected chi connectivity index (χ2v) is 23.6. The van der Waals surface area contributed by atoms with Gasteiger partial charge >= 0.3 is 0 Å². The van der Waals surface area contributed by atoms with Gasteiger partial charge in [0.1, 0.15) is 35.6 Å². The number of aromatic hydroxyl groups is 1. The molecule has 0 bridgehead atoms. The third-order valence-electron chi connectivity index (χ3n) is 16.7. The smallest absolute Gasteiger partial charge is 0.226 e. The summed E-state index contributed by atoms with van der Waals surface area (Å²) < 4.78 is 51.3. The van der Waals surface area contributed by atoms with Crippen molar-refractivity contribution in [1.82, 2.24) is 0 Å². The Morgan fingerprint density at radius 2 is 0.885 bits per heavy atom. The molecule has 10 nitrogen and oxygen atoms in total. The van der Waals surface area contributed by atoms with Gasteiger partial charge in [0.2, 0.25) is 5.79 Å². The van der Waals surface area contributed by atoms with Crippen molar-refractivity contribution in [3.8, 4) is 17.2 Å². The van der Waals surface area contributed by atoms with E-state index in [0.29, 0.717) is 57.3 Å². The fraction of sp³-hybridized carbons (Fsp3) is 0.360. The fourth-order valence-corrected chi connectivity index (χ4v) is 12.4. The second-order valence-electron chi connectivity index (χ2n) is 22.8. The summed E-state index contributed by atoms with van der Waals surface area (Å²) in [5.74, 6) is -0.488. The summed E-state index contributed by atoms with van der Waals surface area (Å²) in [5, 5.41) is 25.0. The molecule has 0 aromatic heterocycles. The van der Waals surface area contributed by atoms with Gasteiger partial charge in [-0.3, -0.25) is 0 Å². The molecule has 12 heteroatoms. The van der Waals surface area contributed by atoms with Gasteiger partial charge in [0.05, 0.1) is 69.6 Å². The molecule has 2 heterocycles. The molecular weight excluding hydrogens is 1130 g/mol. The number of ether oxygens (including phenoxy) is 8. The van der Waals surface area contributed by atoms with Crippen LogP contribution in [0.1, 0.15) is 122 Å². The van der Waals surface area contributed by atoms with Crippen LogP contribution in [0.2, 0.25) is 10.0 Å². The molecule has 87 heavy (non-hydrogen) atoms. The van der Waals surface area contributed by atoms with E-state index in [2.05, 4.69) is 88.4 Å². The molecule has 0 aliphatic carbocycles. The van der Waals surface area contributed by atoms with Crippen molar-refractivity contribution in [3.05, 3.63) is 265 Å². The Bertz CT molecular complexity index is 3350. The van der Waals surface area contributed by atoms with Crippen molar-refractivity contribution in [2.24, 2.45) is 11.8 Å². The molecule has 2 aliphatic heterocycles. The Kier molecular flexibility index (Phi) is 23.6. The van der Waals surface area contributed by atoms with Crippen molar-refractivity contribution >= 4 is 23.2 Å². The molecule has 2 fully saturated rings. The maximum Gasteiger partial charge on any atom is 0.226 e. The average Bonchev–Trinajstić information content (AvgIpc) is 1.37. The van der Waals surface area contributed by atoms with Crippen LogP contribution in [0, 0.1) is 18.8 Å². The summed E-state index contributed by atoms with van der Waals surface area (Å²) in [4.78, 5) is 0. The minimum absolute atomic E-state index is 0.0342. The van der Waals surface area contributed by atoms with Gasteiger partial charge in [-0.2, -0.15) is 0 Å². The standard InChI is InChI=1S/C38H43ClO4.C37H41ClO6/c1-5-35-27(4)36(41-24-29-13-9-7-10-14-29)38(42-25-30-15-11-8-12-16-30)37(43-35)33-23-31(34(39)21-26(33)3)22-28-17-19-32(20-18-28)40-6-2;1-4-34-25(3)35(42-23-27-12-8-6-9-13-27)36(43-24-28-14-10-7-11-15-28)37(40,44-34)31-21-29(32(38)22-33(31)39)20-26-16-18-30(19-17-26)41-5-2/h7-21,23,27,35-38H,5-6,22,24-25H2,1-4H3;6-19,21-22,25,34-36,39-40H,4-5,20,23-24H2,1-3H3/t27-,35-,36+,37+,38-;25-,34-,35+,36-,37?/m11/s1. The molecule has 2 N–H and O–H groups in total. The number of rotatable bonds is 24. The molecule has 2 aliphatic rings. The molecule has 1 unspecified atom stereocenters. The molecule has 8 aromatic carbocycles. The number of phenols is 1. The largest absolute Gasteiger partial charge is 0.507 e. The summed E-state index contributed by atoms with van der Waals surface area (Å²) in [7, 11) is 0. The molecule has 10 atom stereocenters. The molecule has 458 valence electrons. The zero-order valence-electron chi connectivity index (χ0n) is 51.2. The van der Waals surface area contributed by atoms with Gasteiger partial charge in [0.25, 0.3) is 0 Å². The van der Waals surface area contributed by atoms with E-state index in [-0.39, 0.29) is 60.3 Å². The Morgan fingerprint density at radius 1 is 0.471 bits per heavy atom. The summed E-state index contributed by atoms with van der Waals surface area (Å²) in [5.41, 5.74) is 10.6. The fourth-order valence-electron chi connectivity index (χ4n) is 11.9. The number of hydrogen-bond donors (Lipinski definition) is 2. The van der Waals surface area contributed by atoms with Crippen LogP contribution in [0.3, 0.4) is 0 Å². The molecule has 0 spiro atoms. The predicted octanol–water partition coefficient (Wildman–Crippen LogP) is 17.1. The van der Waals surface area contributed by atoms with Gasteiger partial charge in [-0.25, -0.2) is 0 Å². The first-order valence-corrected chi connectivity index (χ1v) is 31.5. The molecule has 0 radical (unpaired) electrons. The maximum atomic E-state index is 12.6. The third kappa shape index (κ3) is 16.8. The van der Waals surface area contributed by atoms with Crippen molar-refractivity contribution in [3.63, 3.8) is 0 Å². The first-order valence-electron chi connectivity index (χ1n) is 30.7. The summed E-state index contributed by atoms with van der Waals surface area (Å²) in [6.45, 7) is 17.3. The predicted molar refractivity (Wildman–Crippen MR) is 346 cm³/mol. The molecule has 2 saturated heterocycles. The highest BCUT2D eigenvalue weighted by Crippen LogP contribution is 2.48. The van der Waals surface area contributed by atoms with Crippen LogP contribution in [-0.4, -0.2) is 60.1 Å². The number of benzene rings is 8. The Balaban J connectivity index is 0.000000208. The molecule has 10 rings (SSSR count). The van der Waals surface area contributed by atoms with Crippen LogP contribution in [0.4, 0.5) is 0 Å². The van der Waals surface area contributed by atoms with Crippen molar-refractivity contribution in [2.75, 3.05) is 13.2 Å². The van der Waals surface area contributed by atoms with E-state index >= 15 is 0 Å². The van der Waals surface area contributed by atoms with Gasteiger partial charge in [-0.15, -0.1) is 0 Å². The first-order chi connectivity index (χ1) is 42.3. The number of aryl methyl sites for hydroxylation is 1. The monoisotopic (exact) mass is 1210 g/mol. The van der Waals surface area contributed by atoms with Crippen LogP contribution in [0.25, 0.3) is 0 Å². The number of phenolic OH excluding ortho intramolecular Hbond substituents is 1. The Hall–Kier alpha value is -6.54. The van der Waals surface area contributed by atoms with E-state index in [9.17, 15) is 10.2 Å². The Labute approximate surface area is 525 Å². The Morgan fingerprint density at radius 3 is 1.34 bits per heavy atom. The van der Waals surface area contributed by atoms with Gasteiger partial charge in [-0.05, 0) is 145 Å². The van der Waals surface area contributed by atoms with Gasteiger partial charge < -0.3 is 48.1 Å². The zero-order valence-corrected chi connectivity index (χ0v) is 52.7. The van der Waals surface area contributed by atoms with E-state index in [1.54, 1.807) is 6.07 Å². The van der Waals surface area contributed by atoms with Gasteiger partial charge in [0.15, 0.2) is 0 Å². The van der Waals surface area contributed by atoms with Crippen LogP contribution < -0.4 is 9.47 Å². The van der Waals surface area contributed by atoms with Gasteiger partial charge in [-0.1, -0.05) is 203 Å². The maximum absolute atomic E-state index is 12.6. The quantitative estimate of drug-likeness (QED) is 0.0606. The van der Waals surface area contributed by atoms with E-state index < -0.39 is 18.0 Å². The average molecular weight is 1220 g/mol. The number of aliphatic hydroxyl groups is 1. The summed E-state index contributed by atoms with van der Waals surface area (Å²) in [6.07, 6.45) is 0.108. The minimum Gasteiger partial charge on any atom is -0.507 e. The van der Waals surface area contributed by atoms with E-state index in [0.717, 1.165) is 73.0 Å². The minimum atomic E-state index is -2.02. The van der Waals surface area contributed by atoms with E-state index in [1.807, 2.05) is 142 Å². The van der Waals surface area contributed by atoms with E-state index in [1.165, 1.54) is 11.6 Å². The summed E-state index contributed by atoms with van der Waals surface area (Å²) >= 11 is 13.5. The third-order valence-corrected chi connectivity index (χ3v) is 17.4.